The maximum atomic E-state index is 13.6. The van der Waals surface area contributed by atoms with Crippen molar-refractivity contribution in [1.29, 1.82) is 0 Å². The molecule has 1 saturated heterocycles. The predicted molar refractivity (Wildman–Crippen MR) is 62.2 cm³/mol. The number of hydrogen-bond donors (Lipinski definition) is 2. The van der Waals surface area contributed by atoms with E-state index in [1.165, 1.54) is 6.07 Å². The standard InChI is InChI=1S/C13H15F2NO2/c14-10-2-1-9(11(15)7-10)8-13(12(17)18)3-5-16-6-4-13/h1-2,7,16H,3-6,8H2,(H,17,18). The summed E-state index contributed by atoms with van der Waals surface area (Å²) >= 11 is 0. The molecule has 18 heavy (non-hydrogen) atoms. The molecule has 0 atom stereocenters. The van der Waals surface area contributed by atoms with Crippen LogP contribution >= 0.6 is 0 Å². The van der Waals surface area contributed by atoms with Crippen LogP contribution in [0.2, 0.25) is 0 Å². The van der Waals surface area contributed by atoms with E-state index in [2.05, 4.69) is 5.32 Å². The van der Waals surface area contributed by atoms with Gasteiger partial charge in [0.1, 0.15) is 11.6 Å². The Bertz CT molecular complexity index is 456. The van der Waals surface area contributed by atoms with Crippen molar-refractivity contribution in [1.82, 2.24) is 5.32 Å². The monoisotopic (exact) mass is 255 g/mol. The summed E-state index contributed by atoms with van der Waals surface area (Å²) < 4.78 is 26.4. The number of hydrogen-bond acceptors (Lipinski definition) is 2. The zero-order valence-electron chi connectivity index (χ0n) is 9.88. The Kier molecular flexibility index (Phi) is 3.61. The van der Waals surface area contributed by atoms with Gasteiger partial charge in [-0.15, -0.1) is 0 Å². The van der Waals surface area contributed by atoms with Gasteiger partial charge in [0, 0.05) is 6.07 Å². The Balaban J connectivity index is 2.26. The number of carboxylic acid groups (broad SMARTS) is 1. The molecule has 0 saturated carbocycles. The Morgan fingerprint density at radius 2 is 2.00 bits per heavy atom. The van der Waals surface area contributed by atoms with Gasteiger partial charge in [0.05, 0.1) is 5.41 Å². The number of piperidine rings is 1. The summed E-state index contributed by atoms with van der Waals surface area (Å²) in [5.74, 6) is -2.23. The van der Waals surface area contributed by atoms with E-state index in [-0.39, 0.29) is 12.0 Å². The molecule has 3 nitrogen and oxygen atoms in total. The fraction of sp³-hybridized carbons (Fsp3) is 0.462. The SMILES string of the molecule is O=C(O)C1(Cc2ccc(F)cc2F)CCNCC1. The Labute approximate surface area is 104 Å². The van der Waals surface area contributed by atoms with E-state index in [0.717, 1.165) is 12.1 Å². The van der Waals surface area contributed by atoms with Gasteiger partial charge in [-0.25, -0.2) is 8.78 Å². The zero-order chi connectivity index (χ0) is 13.2. The van der Waals surface area contributed by atoms with Crippen LogP contribution in [-0.4, -0.2) is 24.2 Å². The highest BCUT2D eigenvalue weighted by Gasteiger charge is 2.40. The van der Waals surface area contributed by atoms with E-state index >= 15 is 0 Å². The van der Waals surface area contributed by atoms with E-state index in [1.807, 2.05) is 0 Å². The lowest BCUT2D eigenvalue weighted by Gasteiger charge is -2.33. The topological polar surface area (TPSA) is 49.3 Å². The van der Waals surface area contributed by atoms with E-state index < -0.39 is 23.0 Å². The lowest BCUT2D eigenvalue weighted by atomic mass is 9.74. The van der Waals surface area contributed by atoms with Gasteiger partial charge in [-0.2, -0.15) is 0 Å². The molecule has 1 aliphatic heterocycles. The Morgan fingerprint density at radius 3 is 2.56 bits per heavy atom. The van der Waals surface area contributed by atoms with Crippen LogP contribution in [0.3, 0.4) is 0 Å². The summed E-state index contributed by atoms with van der Waals surface area (Å²) in [5, 5.41) is 12.5. The number of aliphatic carboxylic acids is 1. The third kappa shape index (κ3) is 2.51. The van der Waals surface area contributed by atoms with Crippen molar-refractivity contribution in [3.05, 3.63) is 35.4 Å². The average Bonchev–Trinajstić information content (AvgIpc) is 2.34. The third-order valence-corrected chi connectivity index (χ3v) is 3.56. The largest absolute Gasteiger partial charge is 0.481 e. The molecule has 0 unspecified atom stereocenters. The van der Waals surface area contributed by atoms with Crippen molar-refractivity contribution < 1.29 is 18.7 Å². The molecule has 98 valence electrons. The van der Waals surface area contributed by atoms with Gasteiger partial charge in [0.15, 0.2) is 0 Å². The first-order chi connectivity index (χ1) is 8.53. The van der Waals surface area contributed by atoms with E-state index in [1.54, 1.807) is 0 Å². The van der Waals surface area contributed by atoms with Crippen molar-refractivity contribution in [2.75, 3.05) is 13.1 Å². The molecule has 0 aliphatic carbocycles. The normalized spacial score (nSPS) is 18.6. The maximum absolute atomic E-state index is 13.6. The van der Waals surface area contributed by atoms with Crippen molar-refractivity contribution in [2.24, 2.45) is 5.41 Å². The molecule has 2 N–H and O–H groups in total. The summed E-state index contributed by atoms with van der Waals surface area (Å²) in [6.45, 7) is 1.21. The molecular formula is C13H15F2NO2. The molecule has 0 radical (unpaired) electrons. The van der Waals surface area contributed by atoms with Crippen molar-refractivity contribution in [3.63, 3.8) is 0 Å². The number of nitrogens with one attached hydrogen (secondary N) is 1. The summed E-state index contributed by atoms with van der Waals surface area (Å²) in [6, 6.07) is 3.29. The summed E-state index contributed by atoms with van der Waals surface area (Å²) in [7, 11) is 0. The van der Waals surface area contributed by atoms with E-state index in [9.17, 15) is 18.7 Å². The second-order valence-corrected chi connectivity index (χ2v) is 4.75. The average molecular weight is 255 g/mol. The van der Waals surface area contributed by atoms with E-state index in [0.29, 0.717) is 25.9 Å². The number of carboxylic acids is 1. The smallest absolute Gasteiger partial charge is 0.310 e. The quantitative estimate of drug-likeness (QED) is 0.868. The van der Waals surface area contributed by atoms with Gasteiger partial charge in [-0.1, -0.05) is 6.07 Å². The number of halogens is 2. The molecule has 1 fully saturated rings. The van der Waals surface area contributed by atoms with Crippen molar-refractivity contribution >= 4 is 5.97 Å². The van der Waals surface area contributed by atoms with Crippen molar-refractivity contribution in [3.8, 4) is 0 Å². The summed E-state index contributed by atoms with van der Waals surface area (Å²) in [6.07, 6.45) is 1.02. The second kappa shape index (κ2) is 5.02. The first-order valence-corrected chi connectivity index (χ1v) is 5.92. The number of carbonyl (C=O) groups is 1. The fourth-order valence-corrected chi connectivity index (χ4v) is 2.40. The molecule has 1 aromatic rings. The summed E-state index contributed by atoms with van der Waals surface area (Å²) in [4.78, 5) is 11.4. The minimum Gasteiger partial charge on any atom is -0.481 e. The maximum Gasteiger partial charge on any atom is 0.310 e. The fourth-order valence-electron chi connectivity index (χ4n) is 2.40. The molecule has 1 aliphatic rings. The first kappa shape index (κ1) is 13.0. The molecular weight excluding hydrogens is 240 g/mol. The van der Waals surface area contributed by atoms with Gasteiger partial charge in [0.25, 0.3) is 0 Å². The predicted octanol–water partition coefficient (Wildman–Crippen LogP) is 1.96. The van der Waals surface area contributed by atoms with Gasteiger partial charge >= 0.3 is 5.97 Å². The lowest BCUT2D eigenvalue weighted by molar-refractivity contribution is -0.150. The lowest BCUT2D eigenvalue weighted by Crippen LogP contribution is -2.43. The highest BCUT2D eigenvalue weighted by molar-refractivity contribution is 5.75. The molecule has 0 aromatic heterocycles. The number of benzene rings is 1. The minimum atomic E-state index is -0.941. The van der Waals surface area contributed by atoms with Crippen LogP contribution in [0.1, 0.15) is 18.4 Å². The van der Waals surface area contributed by atoms with Gasteiger partial charge in [-0.05, 0) is 44.0 Å². The highest BCUT2D eigenvalue weighted by atomic mass is 19.1. The summed E-state index contributed by atoms with van der Waals surface area (Å²) in [5.41, 5.74) is -0.676. The van der Waals surface area contributed by atoms with Crippen LogP contribution in [0, 0.1) is 17.0 Å². The molecule has 5 heteroatoms. The van der Waals surface area contributed by atoms with Crippen molar-refractivity contribution in [2.45, 2.75) is 19.3 Å². The minimum absolute atomic E-state index is 0.107. The van der Waals surface area contributed by atoms with Crippen LogP contribution in [0.25, 0.3) is 0 Å². The number of rotatable bonds is 3. The third-order valence-electron chi connectivity index (χ3n) is 3.56. The Hall–Kier alpha value is -1.49. The molecule has 0 amide bonds. The molecule has 0 spiro atoms. The van der Waals surface area contributed by atoms with Gasteiger partial charge in [0.2, 0.25) is 0 Å². The molecule has 0 bridgehead atoms. The molecule has 2 rings (SSSR count). The Morgan fingerprint density at radius 1 is 1.33 bits per heavy atom. The van der Waals surface area contributed by atoms with Crippen LogP contribution in [-0.2, 0) is 11.2 Å². The highest BCUT2D eigenvalue weighted by Crippen LogP contribution is 2.34. The molecule has 1 heterocycles. The van der Waals surface area contributed by atoms with Gasteiger partial charge in [-0.3, -0.25) is 4.79 Å². The van der Waals surface area contributed by atoms with Gasteiger partial charge < -0.3 is 10.4 Å². The van der Waals surface area contributed by atoms with Crippen LogP contribution in [0.15, 0.2) is 18.2 Å². The van der Waals surface area contributed by atoms with Crippen LogP contribution in [0.5, 0.6) is 0 Å². The zero-order valence-corrected chi connectivity index (χ0v) is 9.88. The van der Waals surface area contributed by atoms with Crippen LogP contribution < -0.4 is 5.32 Å². The molecule has 1 aromatic carbocycles. The van der Waals surface area contributed by atoms with E-state index in [4.69, 9.17) is 0 Å². The van der Waals surface area contributed by atoms with Crippen LogP contribution in [0.4, 0.5) is 8.78 Å². The second-order valence-electron chi connectivity index (χ2n) is 4.75. The first-order valence-electron chi connectivity index (χ1n) is 5.92.